The third kappa shape index (κ3) is 5.22. The van der Waals surface area contributed by atoms with Gasteiger partial charge in [-0.15, -0.1) is 10.2 Å². The maximum Gasteiger partial charge on any atom is 0.240 e. The lowest BCUT2D eigenvalue weighted by atomic mass is 9.94. The Morgan fingerprint density at radius 3 is 2.50 bits per heavy atom. The molecule has 194 valence electrons. The van der Waals surface area contributed by atoms with Gasteiger partial charge in [0.05, 0.1) is 15.7 Å². The second kappa shape index (κ2) is 10.9. The molecule has 0 saturated carbocycles. The number of tetrazole rings is 1. The Balaban J connectivity index is 0.00000361. The number of nitrogens with two attached hydrogens (primary N) is 1. The fraction of sp³-hybridized carbons (Fsp3) is 0.364. The highest BCUT2D eigenvalue weighted by Gasteiger charge is 2.38. The molecule has 36 heavy (non-hydrogen) atoms. The molecule has 1 unspecified atom stereocenters. The molecule has 1 aliphatic heterocycles. The van der Waals surface area contributed by atoms with Gasteiger partial charge in [0, 0.05) is 25.6 Å². The molecule has 0 radical (unpaired) electrons. The Labute approximate surface area is 210 Å². The number of sulfonamides is 1. The van der Waals surface area contributed by atoms with E-state index in [4.69, 9.17) is 5.14 Å². The maximum absolute atomic E-state index is 13.3. The molecular weight excluding hydrogens is 506 g/mol. The van der Waals surface area contributed by atoms with Crippen LogP contribution in [0.2, 0.25) is 0 Å². The summed E-state index contributed by atoms with van der Waals surface area (Å²) in [7, 11) is -6.77. The first kappa shape index (κ1) is 27.5. The minimum absolute atomic E-state index is 0. The molecular formula is C22H29N7O5S2. The summed E-state index contributed by atoms with van der Waals surface area (Å²) in [5.74, 6) is -0.107. The molecule has 4 rings (SSSR count). The van der Waals surface area contributed by atoms with E-state index in [2.05, 4.69) is 31.3 Å². The van der Waals surface area contributed by atoms with Gasteiger partial charge >= 0.3 is 0 Å². The van der Waals surface area contributed by atoms with Crippen LogP contribution in [0.15, 0.2) is 46.2 Å². The van der Waals surface area contributed by atoms with Crippen molar-refractivity contribution in [2.24, 2.45) is 5.14 Å². The minimum atomic E-state index is -4.54. The highest BCUT2D eigenvalue weighted by atomic mass is 32.2. The van der Waals surface area contributed by atoms with Crippen LogP contribution in [0.1, 0.15) is 31.9 Å². The van der Waals surface area contributed by atoms with Crippen molar-refractivity contribution >= 4 is 26.1 Å². The summed E-state index contributed by atoms with van der Waals surface area (Å²) in [5.41, 5.74) is 1.77. The van der Waals surface area contributed by atoms with Crippen LogP contribution in [0.5, 0.6) is 0 Å². The molecule has 0 amide bonds. The number of carbonyl (C=O) groups is 1. The van der Waals surface area contributed by atoms with Gasteiger partial charge in [0.1, 0.15) is 11.2 Å². The van der Waals surface area contributed by atoms with Gasteiger partial charge in [-0.1, -0.05) is 31.7 Å². The Kier molecular flexibility index (Phi) is 8.36. The van der Waals surface area contributed by atoms with Crippen LogP contribution in [0.3, 0.4) is 0 Å². The highest BCUT2D eigenvalue weighted by molar-refractivity contribution is 7.94. The number of aromatic nitrogens is 4. The van der Waals surface area contributed by atoms with Crippen LogP contribution in [-0.2, 0) is 24.7 Å². The Morgan fingerprint density at radius 1 is 1.19 bits per heavy atom. The Morgan fingerprint density at radius 2 is 1.94 bits per heavy atom. The number of hydrogen-bond acceptors (Lipinski definition) is 10. The van der Waals surface area contributed by atoms with Crippen LogP contribution >= 0.6 is 0 Å². The van der Waals surface area contributed by atoms with E-state index in [-0.39, 0.29) is 37.9 Å². The average molecular weight is 536 g/mol. The van der Waals surface area contributed by atoms with Gasteiger partial charge in [0.25, 0.3) is 0 Å². The number of nitrogens with one attached hydrogen (secondary N) is 3. The minimum Gasteiger partial charge on any atom is -0.314 e. The van der Waals surface area contributed by atoms with Gasteiger partial charge in [0.15, 0.2) is 9.84 Å². The molecule has 14 heteroatoms. The van der Waals surface area contributed by atoms with E-state index in [1.54, 1.807) is 19.2 Å². The molecule has 1 aliphatic rings. The zero-order chi connectivity index (χ0) is 25.2. The third-order valence-corrected chi connectivity index (χ3v) is 9.27. The highest BCUT2D eigenvalue weighted by Crippen LogP contribution is 2.40. The monoisotopic (exact) mass is 535 g/mol. The maximum atomic E-state index is 13.3. The van der Waals surface area contributed by atoms with Crippen LogP contribution in [-0.4, -0.2) is 69.1 Å². The Bertz CT molecular complexity index is 1440. The number of H-pyrrole nitrogens is 1. The lowest BCUT2D eigenvalue weighted by Crippen LogP contribution is -2.51. The summed E-state index contributed by atoms with van der Waals surface area (Å²) in [5, 5.41) is 24.5. The van der Waals surface area contributed by atoms with E-state index in [1.807, 2.05) is 12.1 Å². The average Bonchev–Trinajstić information content (AvgIpc) is 3.31. The normalized spacial score (nSPS) is 15.1. The zero-order valence-electron chi connectivity index (χ0n) is 18.8. The number of rotatable bonds is 10. The van der Waals surface area contributed by atoms with Crippen molar-refractivity contribution in [1.82, 2.24) is 31.3 Å². The van der Waals surface area contributed by atoms with Crippen molar-refractivity contribution in [1.29, 1.82) is 0 Å². The van der Waals surface area contributed by atoms with Crippen LogP contribution in [0.25, 0.3) is 22.5 Å². The molecule has 12 nitrogen and oxygen atoms in total. The molecule has 1 atom stereocenters. The molecule has 3 aromatic rings. The van der Waals surface area contributed by atoms with E-state index in [1.165, 1.54) is 12.1 Å². The lowest BCUT2D eigenvalue weighted by molar-refractivity contribution is -0.108. The first-order chi connectivity index (χ1) is 16.7. The molecule has 5 N–H and O–H groups in total. The van der Waals surface area contributed by atoms with Crippen molar-refractivity contribution < 1.29 is 21.6 Å². The number of carbonyl (C=O) groups excluding carboxylic acids is 1. The largest absolute Gasteiger partial charge is 0.314 e. The second-order valence-corrected chi connectivity index (χ2v) is 11.8. The van der Waals surface area contributed by atoms with Gasteiger partial charge < -0.3 is 15.4 Å². The van der Waals surface area contributed by atoms with Gasteiger partial charge in [-0.05, 0) is 47.5 Å². The topological polar surface area (TPSA) is 190 Å². The van der Waals surface area contributed by atoms with Gasteiger partial charge in [-0.3, -0.25) is 0 Å². The summed E-state index contributed by atoms with van der Waals surface area (Å²) in [6.45, 7) is 0.417. The quantitative estimate of drug-likeness (QED) is 0.270. The summed E-state index contributed by atoms with van der Waals surface area (Å²) >= 11 is 0. The van der Waals surface area contributed by atoms with Gasteiger partial charge in [-0.25, -0.2) is 22.0 Å². The van der Waals surface area contributed by atoms with Crippen molar-refractivity contribution in [2.75, 3.05) is 20.1 Å². The van der Waals surface area contributed by atoms with E-state index in [9.17, 15) is 21.6 Å². The number of nitrogens with zero attached hydrogens (tertiary/aromatic N) is 3. The van der Waals surface area contributed by atoms with E-state index >= 15 is 0 Å². The molecule has 2 aromatic carbocycles. The number of primary sulfonamides is 1. The molecule has 0 bridgehead atoms. The summed E-state index contributed by atoms with van der Waals surface area (Å²) in [4.78, 5) is 9.90. The van der Waals surface area contributed by atoms with E-state index < -0.39 is 34.9 Å². The zero-order valence-corrected chi connectivity index (χ0v) is 20.4. The molecule has 1 aromatic heterocycles. The fourth-order valence-electron chi connectivity index (χ4n) is 4.10. The first-order valence-electron chi connectivity index (χ1n) is 10.8. The van der Waals surface area contributed by atoms with Crippen LogP contribution in [0, 0.1) is 0 Å². The van der Waals surface area contributed by atoms with E-state index in [0.29, 0.717) is 24.0 Å². The van der Waals surface area contributed by atoms with Crippen molar-refractivity contribution in [2.45, 2.75) is 41.4 Å². The smallest absolute Gasteiger partial charge is 0.240 e. The fourth-order valence-corrected chi connectivity index (χ4v) is 7.28. The molecule has 0 aliphatic carbocycles. The second-order valence-electron chi connectivity index (χ2n) is 8.13. The van der Waals surface area contributed by atoms with Crippen molar-refractivity contribution in [3.8, 4) is 22.5 Å². The van der Waals surface area contributed by atoms with Gasteiger partial charge in [0.2, 0.25) is 15.8 Å². The van der Waals surface area contributed by atoms with Crippen LogP contribution in [0.4, 0.5) is 0 Å². The first-order valence-corrected chi connectivity index (χ1v) is 13.9. The SMILES string of the molecule is C.CNC(CCC=O)c1cccc(-c2ccc(S(=O)(=O)C3CNC3)c(S(N)(=O)=O)c2-c2nn[nH]n2)c1. The predicted octanol–water partition coefficient (Wildman–Crippen LogP) is 0.802. The summed E-state index contributed by atoms with van der Waals surface area (Å²) < 4.78 is 52.2. The summed E-state index contributed by atoms with van der Waals surface area (Å²) in [6.07, 6.45) is 1.77. The summed E-state index contributed by atoms with van der Waals surface area (Å²) in [6, 6.07) is 9.92. The number of aldehydes is 1. The van der Waals surface area contributed by atoms with Crippen LogP contribution < -0.4 is 15.8 Å². The van der Waals surface area contributed by atoms with Crippen molar-refractivity contribution in [3.05, 3.63) is 42.0 Å². The standard InChI is InChI=1S/C21H25N7O5S2.CH4/c1-23-17(6-3-9-29)14-5-2-4-13(10-14)16-7-8-18(34(30,31)15-11-24-12-15)20(35(22,32)33)19(16)21-25-27-28-26-21;/h2,4-5,7-10,15,17,23-24H,3,6,11-12H2,1H3,(H2,22,32,33)(H,25,26,27,28);1H4. The lowest BCUT2D eigenvalue weighted by Gasteiger charge is -2.28. The number of benzene rings is 2. The molecule has 1 saturated heterocycles. The number of hydrogen-bond donors (Lipinski definition) is 4. The van der Waals surface area contributed by atoms with E-state index in [0.717, 1.165) is 11.8 Å². The molecule has 1 fully saturated rings. The predicted molar refractivity (Wildman–Crippen MR) is 134 cm³/mol. The van der Waals surface area contributed by atoms with Crippen molar-refractivity contribution in [3.63, 3.8) is 0 Å². The molecule has 2 heterocycles. The number of sulfone groups is 1. The Hall–Kier alpha value is -3.04. The molecule has 0 spiro atoms. The van der Waals surface area contributed by atoms with Gasteiger partial charge in [-0.2, -0.15) is 5.21 Å². The third-order valence-electron chi connectivity index (χ3n) is 5.99. The number of aromatic amines is 1.